The van der Waals surface area contributed by atoms with Crippen molar-refractivity contribution < 1.29 is 14.4 Å². The first kappa shape index (κ1) is 27.3. The van der Waals surface area contributed by atoms with Crippen LogP contribution in [0.4, 0.5) is 0 Å². The molecule has 1 aromatic heterocycles. The number of benzene rings is 6. The largest absolute Gasteiger partial charge is 0.340 e. The second-order valence-corrected chi connectivity index (χ2v) is 11.0. The summed E-state index contributed by atoms with van der Waals surface area (Å²) in [7, 11) is 0. The number of ketones is 1. The topological polar surface area (TPSA) is 60.7 Å². The molecular weight excluding hydrogens is 544 g/mol. The fourth-order valence-electron chi connectivity index (χ4n) is 6.40. The molecule has 0 aliphatic heterocycles. The molecule has 0 atom stereocenters. The van der Waals surface area contributed by atoms with Gasteiger partial charge in [0.25, 0.3) is 0 Å². The number of carbonyl (C=O) groups is 2. The minimum absolute atomic E-state index is 0.00882. The van der Waals surface area contributed by atoms with E-state index in [1.807, 2.05) is 97.9 Å². The van der Waals surface area contributed by atoms with E-state index in [2.05, 4.69) is 40.9 Å². The van der Waals surface area contributed by atoms with Crippen LogP contribution in [0, 0.1) is 6.92 Å². The number of aromatic nitrogens is 1. The van der Waals surface area contributed by atoms with Gasteiger partial charge >= 0.3 is 5.97 Å². The highest BCUT2D eigenvalue weighted by Gasteiger charge is 2.22. The van der Waals surface area contributed by atoms with E-state index in [0.29, 0.717) is 16.8 Å². The van der Waals surface area contributed by atoms with Crippen LogP contribution in [0.5, 0.6) is 0 Å². The number of fused-ring (bicyclic) bond motifs is 6. The van der Waals surface area contributed by atoms with Crippen LogP contribution in [0.15, 0.2) is 120 Å². The Hall–Kier alpha value is -5.55. The molecule has 0 saturated heterocycles. The zero-order valence-electron chi connectivity index (χ0n) is 24.8. The molecule has 0 fully saturated rings. The average Bonchev–Trinajstić information content (AvgIpc) is 3.37. The number of hydrogen-bond donors (Lipinski definition) is 0. The molecule has 0 aliphatic carbocycles. The molecule has 6 aromatic carbocycles. The fraction of sp³-hybridized carbons (Fsp3) is 0.103. The maximum atomic E-state index is 14.4. The summed E-state index contributed by atoms with van der Waals surface area (Å²) in [6.45, 7) is 6.25. The third kappa shape index (κ3) is 4.45. The molecule has 0 amide bonds. The van der Waals surface area contributed by atoms with Crippen LogP contribution in [0.25, 0.3) is 43.4 Å². The standard InChI is InChI=1S/C39H30N2O3/c1-4-41-36-21-20-27(37(40-44-25(3)42)28-15-7-5-12-24(28)2)22-33(36)34-23-35(30-17-9-10-18-31(30)38(34)41)39(43)32-19-11-14-26-13-6-8-16-29(26)32/h5-23H,4H2,1-3H3/b40-37-. The Morgan fingerprint density at radius 2 is 1.36 bits per heavy atom. The molecule has 0 radical (unpaired) electrons. The van der Waals surface area contributed by atoms with Crippen LogP contribution < -0.4 is 0 Å². The fourth-order valence-corrected chi connectivity index (χ4v) is 6.40. The molecule has 0 aliphatic rings. The molecule has 0 saturated carbocycles. The van der Waals surface area contributed by atoms with Gasteiger partial charge in [-0.15, -0.1) is 0 Å². The van der Waals surface area contributed by atoms with Crippen molar-refractivity contribution in [2.45, 2.75) is 27.3 Å². The van der Waals surface area contributed by atoms with Gasteiger partial charge < -0.3 is 9.40 Å². The van der Waals surface area contributed by atoms with E-state index in [0.717, 1.165) is 66.6 Å². The van der Waals surface area contributed by atoms with Crippen LogP contribution in [-0.4, -0.2) is 22.0 Å². The average molecular weight is 575 g/mol. The van der Waals surface area contributed by atoms with E-state index in [1.165, 1.54) is 6.92 Å². The Kier molecular flexibility index (Phi) is 6.78. The molecule has 5 nitrogen and oxygen atoms in total. The smallest absolute Gasteiger partial charge is 0.332 e. The minimum Gasteiger partial charge on any atom is -0.340 e. The Morgan fingerprint density at radius 1 is 0.682 bits per heavy atom. The molecule has 1 heterocycles. The zero-order valence-corrected chi connectivity index (χ0v) is 24.8. The number of hydrogen-bond acceptors (Lipinski definition) is 4. The highest BCUT2D eigenvalue weighted by Crippen LogP contribution is 2.38. The molecule has 44 heavy (non-hydrogen) atoms. The lowest BCUT2D eigenvalue weighted by Gasteiger charge is -2.12. The van der Waals surface area contributed by atoms with Gasteiger partial charge in [0.15, 0.2) is 5.78 Å². The van der Waals surface area contributed by atoms with Crippen LogP contribution >= 0.6 is 0 Å². The van der Waals surface area contributed by atoms with E-state index >= 15 is 0 Å². The summed E-state index contributed by atoms with van der Waals surface area (Å²) in [5.41, 5.74) is 6.78. The number of oxime groups is 1. The summed E-state index contributed by atoms with van der Waals surface area (Å²) in [6, 6.07) is 38.2. The van der Waals surface area contributed by atoms with Crippen molar-refractivity contribution in [3.05, 3.63) is 143 Å². The van der Waals surface area contributed by atoms with Gasteiger partial charge in [0.05, 0.1) is 5.52 Å². The molecule has 0 N–H and O–H groups in total. The summed E-state index contributed by atoms with van der Waals surface area (Å²) < 4.78 is 2.31. The highest BCUT2D eigenvalue weighted by molar-refractivity contribution is 6.28. The second kappa shape index (κ2) is 10.9. The summed E-state index contributed by atoms with van der Waals surface area (Å²) in [5.74, 6) is -0.492. The quantitative estimate of drug-likeness (QED) is 0.0862. The monoisotopic (exact) mass is 574 g/mol. The Labute approximate surface area is 255 Å². The normalized spacial score (nSPS) is 11.9. The van der Waals surface area contributed by atoms with Crippen LogP contribution in [0.1, 0.15) is 46.5 Å². The van der Waals surface area contributed by atoms with Crippen molar-refractivity contribution in [1.29, 1.82) is 0 Å². The van der Waals surface area contributed by atoms with Gasteiger partial charge in [0, 0.05) is 57.4 Å². The van der Waals surface area contributed by atoms with Crippen LogP contribution in [-0.2, 0) is 16.2 Å². The molecule has 0 unspecified atom stereocenters. The molecule has 214 valence electrons. The van der Waals surface area contributed by atoms with E-state index in [-0.39, 0.29) is 5.78 Å². The first-order chi connectivity index (χ1) is 21.5. The molecule has 7 aromatic rings. The lowest BCUT2D eigenvalue weighted by atomic mass is 9.92. The molecule has 0 bridgehead atoms. The van der Waals surface area contributed by atoms with Crippen molar-refractivity contribution in [2.75, 3.05) is 0 Å². The third-order valence-corrected chi connectivity index (χ3v) is 8.40. The van der Waals surface area contributed by atoms with Crippen LogP contribution in [0.2, 0.25) is 0 Å². The van der Waals surface area contributed by atoms with Crippen molar-refractivity contribution in [3.63, 3.8) is 0 Å². The molecule has 0 spiro atoms. The lowest BCUT2D eigenvalue weighted by Crippen LogP contribution is -2.08. The Balaban J connectivity index is 1.52. The number of aryl methyl sites for hydroxylation is 2. The number of nitrogens with zero attached hydrogens (tertiary/aromatic N) is 2. The van der Waals surface area contributed by atoms with E-state index in [4.69, 9.17) is 4.84 Å². The van der Waals surface area contributed by atoms with Gasteiger partial charge in [-0.1, -0.05) is 102 Å². The van der Waals surface area contributed by atoms with Crippen LogP contribution in [0.3, 0.4) is 0 Å². The van der Waals surface area contributed by atoms with Crippen molar-refractivity contribution in [2.24, 2.45) is 5.16 Å². The molecular formula is C39H30N2O3. The van der Waals surface area contributed by atoms with Gasteiger partial charge in [-0.2, -0.15) is 0 Å². The zero-order chi connectivity index (χ0) is 30.4. The van der Waals surface area contributed by atoms with Gasteiger partial charge in [0.2, 0.25) is 0 Å². The van der Waals surface area contributed by atoms with Crippen molar-refractivity contribution >= 4 is 60.8 Å². The predicted octanol–water partition coefficient (Wildman–Crippen LogP) is 8.98. The lowest BCUT2D eigenvalue weighted by molar-refractivity contribution is -0.140. The SMILES string of the molecule is CCn1c2ccc(/C(=N/OC(C)=O)c3ccccc3C)cc2c2cc(C(=O)c3cccc4ccccc34)c3ccccc3c21. The number of carbonyl (C=O) groups excluding carboxylic acids is 2. The summed E-state index contributed by atoms with van der Waals surface area (Å²) in [6.07, 6.45) is 0. The third-order valence-electron chi connectivity index (χ3n) is 8.40. The summed E-state index contributed by atoms with van der Waals surface area (Å²) >= 11 is 0. The first-order valence-corrected chi connectivity index (χ1v) is 14.8. The first-order valence-electron chi connectivity index (χ1n) is 14.8. The van der Waals surface area contributed by atoms with Crippen molar-refractivity contribution in [1.82, 2.24) is 4.57 Å². The molecule has 7 rings (SSSR count). The van der Waals surface area contributed by atoms with Gasteiger partial charge in [-0.25, -0.2) is 4.79 Å². The predicted molar refractivity (Wildman–Crippen MR) is 179 cm³/mol. The summed E-state index contributed by atoms with van der Waals surface area (Å²) in [4.78, 5) is 31.4. The van der Waals surface area contributed by atoms with Crippen molar-refractivity contribution in [3.8, 4) is 0 Å². The molecule has 5 heteroatoms. The Morgan fingerprint density at radius 3 is 2.14 bits per heavy atom. The van der Waals surface area contributed by atoms with E-state index < -0.39 is 5.97 Å². The Bertz CT molecular complexity index is 2300. The number of rotatable bonds is 6. The maximum absolute atomic E-state index is 14.4. The maximum Gasteiger partial charge on any atom is 0.332 e. The van der Waals surface area contributed by atoms with Gasteiger partial charge in [-0.05, 0) is 53.8 Å². The second-order valence-electron chi connectivity index (χ2n) is 11.0. The summed E-state index contributed by atoms with van der Waals surface area (Å²) in [5, 5.41) is 10.2. The van der Waals surface area contributed by atoms with Gasteiger partial charge in [0.1, 0.15) is 5.71 Å². The van der Waals surface area contributed by atoms with Gasteiger partial charge in [-0.3, -0.25) is 4.79 Å². The minimum atomic E-state index is -0.484. The van der Waals surface area contributed by atoms with E-state index in [9.17, 15) is 9.59 Å². The highest BCUT2D eigenvalue weighted by atomic mass is 16.7. The van der Waals surface area contributed by atoms with E-state index in [1.54, 1.807) is 0 Å².